The van der Waals surface area contributed by atoms with E-state index in [4.69, 9.17) is 16.7 Å². The van der Waals surface area contributed by atoms with Gasteiger partial charge in [0.1, 0.15) is 0 Å². The van der Waals surface area contributed by atoms with Crippen LogP contribution in [0, 0.1) is 0 Å². The molecule has 1 heterocycles. The second kappa shape index (κ2) is 9.33. The van der Waals surface area contributed by atoms with Crippen LogP contribution in [-0.4, -0.2) is 16.0 Å². The van der Waals surface area contributed by atoms with E-state index >= 15 is 0 Å². The summed E-state index contributed by atoms with van der Waals surface area (Å²) in [6, 6.07) is 27.6. The number of nitrogens with zero attached hydrogens (tertiary/aromatic N) is 2. The first-order valence-electron chi connectivity index (χ1n) is 9.66. The van der Waals surface area contributed by atoms with Crippen molar-refractivity contribution < 1.29 is 0 Å². The maximum absolute atomic E-state index is 12.8. The topological polar surface area (TPSA) is 34.9 Å². The highest BCUT2D eigenvalue weighted by Crippen LogP contribution is 2.25. The van der Waals surface area contributed by atoms with Gasteiger partial charge in [0.2, 0.25) is 0 Å². The summed E-state index contributed by atoms with van der Waals surface area (Å²) in [4.78, 5) is 14.0. The van der Waals surface area contributed by atoms with Crippen molar-refractivity contribution in [2.24, 2.45) is 0 Å². The van der Waals surface area contributed by atoms with E-state index in [1.165, 1.54) is 4.90 Å². The molecule has 0 N–H and O–H groups in total. The Morgan fingerprint density at radius 3 is 2.27 bits per heavy atom. The fourth-order valence-corrected chi connectivity index (χ4v) is 3.88. The summed E-state index contributed by atoms with van der Waals surface area (Å²) < 4.78 is 1.54. The van der Waals surface area contributed by atoms with Crippen molar-refractivity contribution in [1.29, 1.82) is 0 Å². The quantitative estimate of drug-likeness (QED) is 0.354. The van der Waals surface area contributed by atoms with Gasteiger partial charge in [-0.1, -0.05) is 66.2 Å². The Labute approximate surface area is 185 Å². The zero-order valence-corrected chi connectivity index (χ0v) is 18.2. The second-order valence-electron chi connectivity index (χ2n) is 7.03. The van der Waals surface area contributed by atoms with Crippen LogP contribution in [0.1, 0.15) is 16.7 Å². The van der Waals surface area contributed by atoms with Gasteiger partial charge in [0, 0.05) is 21.5 Å². The van der Waals surface area contributed by atoms with E-state index in [-0.39, 0.29) is 5.56 Å². The van der Waals surface area contributed by atoms with Gasteiger partial charge < -0.3 is 0 Å². The molecule has 0 atom stereocenters. The molecule has 4 aromatic rings. The minimum absolute atomic E-state index is 0.104. The first kappa shape index (κ1) is 20.5. The zero-order chi connectivity index (χ0) is 20.9. The van der Waals surface area contributed by atoms with Crippen molar-refractivity contribution in [3.63, 3.8) is 0 Å². The summed E-state index contributed by atoms with van der Waals surface area (Å²) in [5.74, 6) is 0. The molecule has 0 fully saturated rings. The summed E-state index contributed by atoms with van der Waals surface area (Å²) >= 11 is 7.73. The van der Waals surface area contributed by atoms with E-state index in [1.807, 2.05) is 54.6 Å². The minimum atomic E-state index is -0.104. The van der Waals surface area contributed by atoms with E-state index in [2.05, 4.69) is 30.5 Å². The molecule has 0 radical (unpaired) electrons. The summed E-state index contributed by atoms with van der Waals surface area (Å²) in [5.41, 5.74) is 4.76. The Balaban J connectivity index is 1.78. The number of rotatable bonds is 6. The SMILES string of the molecule is CSc1ccc(-c2nn(Cc3ccccc3)c(=O)cc2Cc2ccc(Cl)cc2)cc1. The monoisotopic (exact) mass is 432 g/mol. The first-order chi connectivity index (χ1) is 14.6. The smallest absolute Gasteiger partial charge is 0.267 e. The minimum Gasteiger partial charge on any atom is -0.268 e. The standard InChI is InChI=1S/C25H21ClN2OS/c1-30-23-13-9-20(10-14-23)25-21(15-18-7-11-22(26)12-8-18)16-24(29)28(27-25)17-19-5-3-2-4-6-19/h2-14,16H,15,17H2,1H3. The number of hydrogen-bond donors (Lipinski definition) is 0. The van der Waals surface area contributed by atoms with Gasteiger partial charge >= 0.3 is 0 Å². The summed E-state index contributed by atoms with van der Waals surface area (Å²) in [5, 5.41) is 5.48. The molecule has 3 nitrogen and oxygen atoms in total. The molecule has 0 spiro atoms. The normalized spacial score (nSPS) is 10.9. The van der Waals surface area contributed by atoms with Gasteiger partial charge in [0.25, 0.3) is 5.56 Å². The van der Waals surface area contributed by atoms with Crippen LogP contribution in [0.15, 0.2) is 94.6 Å². The summed E-state index contributed by atoms with van der Waals surface area (Å²) in [6.07, 6.45) is 2.67. The van der Waals surface area contributed by atoms with Crippen molar-refractivity contribution >= 4 is 23.4 Å². The molecular formula is C25H21ClN2OS. The molecule has 0 saturated heterocycles. The van der Waals surface area contributed by atoms with Crippen LogP contribution in [0.25, 0.3) is 11.3 Å². The lowest BCUT2D eigenvalue weighted by atomic mass is 10.00. The molecular weight excluding hydrogens is 412 g/mol. The predicted octanol–water partition coefficient (Wildman–Crippen LogP) is 5.92. The maximum Gasteiger partial charge on any atom is 0.267 e. The fourth-order valence-electron chi connectivity index (χ4n) is 3.34. The van der Waals surface area contributed by atoms with Crippen molar-refractivity contribution in [1.82, 2.24) is 9.78 Å². The number of benzene rings is 3. The summed E-state index contributed by atoms with van der Waals surface area (Å²) in [7, 11) is 0. The van der Waals surface area contributed by atoms with E-state index in [9.17, 15) is 4.79 Å². The van der Waals surface area contributed by atoms with Crippen LogP contribution < -0.4 is 5.56 Å². The Kier molecular flexibility index (Phi) is 6.36. The number of thioether (sulfide) groups is 1. The molecule has 0 aliphatic carbocycles. The van der Waals surface area contributed by atoms with E-state index in [0.717, 1.165) is 27.9 Å². The number of hydrogen-bond acceptors (Lipinski definition) is 3. The van der Waals surface area contributed by atoms with E-state index in [1.54, 1.807) is 22.5 Å². The molecule has 30 heavy (non-hydrogen) atoms. The Hall–Kier alpha value is -2.82. The third-order valence-electron chi connectivity index (χ3n) is 4.92. The highest BCUT2D eigenvalue weighted by Gasteiger charge is 2.13. The van der Waals surface area contributed by atoms with Crippen molar-refractivity contribution in [2.45, 2.75) is 17.9 Å². The molecule has 3 aromatic carbocycles. The lowest BCUT2D eigenvalue weighted by molar-refractivity contribution is 0.639. The number of aromatic nitrogens is 2. The Bertz CT molecular complexity index is 1190. The van der Waals surface area contributed by atoms with Crippen LogP contribution in [0.2, 0.25) is 5.02 Å². The average molecular weight is 433 g/mol. The molecule has 0 saturated carbocycles. The molecule has 5 heteroatoms. The van der Waals surface area contributed by atoms with Gasteiger partial charge in [0.05, 0.1) is 12.2 Å². The molecule has 0 bridgehead atoms. The molecule has 0 amide bonds. The van der Waals surface area contributed by atoms with Gasteiger partial charge in [-0.25, -0.2) is 4.68 Å². The predicted molar refractivity (Wildman–Crippen MR) is 126 cm³/mol. The molecule has 0 aliphatic heterocycles. The summed E-state index contributed by atoms with van der Waals surface area (Å²) in [6.45, 7) is 0.441. The van der Waals surface area contributed by atoms with E-state index < -0.39 is 0 Å². The number of halogens is 1. The van der Waals surface area contributed by atoms with Crippen LogP contribution in [0.5, 0.6) is 0 Å². The third-order valence-corrected chi connectivity index (χ3v) is 5.92. The highest BCUT2D eigenvalue weighted by atomic mass is 35.5. The van der Waals surface area contributed by atoms with Crippen LogP contribution in [-0.2, 0) is 13.0 Å². The Morgan fingerprint density at radius 1 is 0.900 bits per heavy atom. The molecule has 0 unspecified atom stereocenters. The second-order valence-corrected chi connectivity index (χ2v) is 8.35. The van der Waals surface area contributed by atoms with Crippen LogP contribution >= 0.6 is 23.4 Å². The molecule has 150 valence electrons. The van der Waals surface area contributed by atoms with Gasteiger partial charge in [0.15, 0.2) is 0 Å². The molecule has 0 aliphatic rings. The van der Waals surface area contributed by atoms with Crippen LogP contribution in [0.4, 0.5) is 0 Å². The largest absolute Gasteiger partial charge is 0.268 e. The Morgan fingerprint density at radius 2 is 1.60 bits per heavy atom. The van der Waals surface area contributed by atoms with Gasteiger partial charge in [-0.05, 0) is 53.6 Å². The highest BCUT2D eigenvalue weighted by molar-refractivity contribution is 7.98. The van der Waals surface area contributed by atoms with Gasteiger partial charge in [-0.3, -0.25) is 4.79 Å². The van der Waals surface area contributed by atoms with Crippen molar-refractivity contribution in [3.8, 4) is 11.3 Å². The fraction of sp³-hybridized carbons (Fsp3) is 0.120. The van der Waals surface area contributed by atoms with E-state index in [0.29, 0.717) is 18.0 Å². The van der Waals surface area contributed by atoms with Crippen LogP contribution in [0.3, 0.4) is 0 Å². The first-order valence-corrected chi connectivity index (χ1v) is 11.3. The molecule has 4 rings (SSSR count). The molecule has 1 aromatic heterocycles. The lowest BCUT2D eigenvalue weighted by Crippen LogP contribution is -2.24. The third kappa shape index (κ3) is 4.84. The van der Waals surface area contributed by atoms with Crippen molar-refractivity contribution in [2.75, 3.05) is 6.26 Å². The van der Waals surface area contributed by atoms with Crippen molar-refractivity contribution in [3.05, 3.63) is 117 Å². The maximum atomic E-state index is 12.8. The van der Waals surface area contributed by atoms with Gasteiger partial charge in [-0.15, -0.1) is 11.8 Å². The van der Waals surface area contributed by atoms with Gasteiger partial charge in [-0.2, -0.15) is 5.10 Å². The average Bonchev–Trinajstić information content (AvgIpc) is 2.78. The lowest BCUT2D eigenvalue weighted by Gasteiger charge is -2.13. The zero-order valence-electron chi connectivity index (χ0n) is 16.6.